The summed E-state index contributed by atoms with van der Waals surface area (Å²) in [5.74, 6) is -2.06. The molecule has 1 atom stereocenters. The van der Waals surface area contributed by atoms with E-state index in [0.29, 0.717) is 0 Å². The Hall–Kier alpha value is -3.42. The molecule has 1 unspecified atom stereocenters. The normalized spacial score (nSPS) is 12.5. The largest absolute Gasteiger partial charge is 0.481 e. The van der Waals surface area contributed by atoms with Gasteiger partial charge in [0, 0.05) is 11.0 Å². The number of thioether (sulfide) groups is 1. The Morgan fingerprint density at radius 1 is 0.973 bits per heavy atom. The van der Waals surface area contributed by atoms with Crippen molar-refractivity contribution in [1.29, 1.82) is 0 Å². The van der Waals surface area contributed by atoms with Crippen LogP contribution in [0.2, 0.25) is 0 Å². The van der Waals surface area contributed by atoms with Gasteiger partial charge < -0.3 is 15.5 Å². The second-order valence-electron chi connectivity index (χ2n) is 7.14. The zero-order chi connectivity index (χ0) is 27.9. The average Bonchev–Trinajstić information content (AvgIpc) is 3.47. The van der Waals surface area contributed by atoms with Crippen LogP contribution in [-0.4, -0.2) is 63.1 Å². The zero-order valence-electron chi connectivity index (χ0n) is 20.0. The Morgan fingerprint density at radius 2 is 1.49 bits per heavy atom. The molecule has 0 aromatic heterocycles. The predicted molar refractivity (Wildman–Crippen MR) is 147 cm³/mol. The Balaban J connectivity index is 0.000000528. The van der Waals surface area contributed by atoms with Crippen molar-refractivity contribution in [3.8, 4) is 0 Å². The lowest BCUT2D eigenvalue weighted by atomic mass is 10.1. The lowest BCUT2D eigenvalue weighted by Gasteiger charge is -2.11. The first kappa shape index (κ1) is 33.6. The van der Waals surface area contributed by atoms with Gasteiger partial charge in [0.25, 0.3) is 0 Å². The molecule has 0 aliphatic carbocycles. The van der Waals surface area contributed by atoms with Crippen LogP contribution in [0.1, 0.15) is 29.2 Å². The molecule has 1 aliphatic rings. The van der Waals surface area contributed by atoms with E-state index in [4.69, 9.17) is 10.2 Å². The third-order valence-corrected chi connectivity index (χ3v) is 5.68. The average molecular weight is 554 g/mol. The van der Waals surface area contributed by atoms with Gasteiger partial charge in [0.2, 0.25) is 12.7 Å². The topological polar surface area (TPSA) is 173 Å². The van der Waals surface area contributed by atoms with E-state index in [9.17, 15) is 29.8 Å². The maximum Gasteiger partial charge on any atom is 0.313 e. The molecule has 3 rings (SSSR count). The van der Waals surface area contributed by atoms with Gasteiger partial charge in [-0.25, -0.2) is 0 Å². The summed E-state index contributed by atoms with van der Waals surface area (Å²) in [5, 5.41) is 39.4. The molecule has 0 bridgehead atoms. The number of aliphatic carboxylic acids is 2. The number of nitrogens with zero attached hydrogens (tertiary/aromatic N) is 2. The van der Waals surface area contributed by atoms with E-state index in [1.807, 2.05) is 24.3 Å². The molecule has 202 valence electrons. The van der Waals surface area contributed by atoms with Crippen LogP contribution in [0.3, 0.4) is 0 Å². The van der Waals surface area contributed by atoms with Crippen LogP contribution in [0.5, 0.6) is 0 Å². The SMILES string of the molecule is C1CCNC1.O=C(O)CS.O=C(O)CSC(C[N+](=O)[O-])c1ccccc1.O=[N+]([O-])/C=C/c1ccccc1. The van der Waals surface area contributed by atoms with E-state index in [2.05, 4.69) is 17.9 Å². The van der Waals surface area contributed by atoms with Crippen LogP contribution < -0.4 is 5.32 Å². The molecule has 0 saturated carbocycles. The van der Waals surface area contributed by atoms with Gasteiger partial charge in [-0.15, -0.1) is 11.8 Å². The number of nitrogens with one attached hydrogen (secondary N) is 1. The summed E-state index contributed by atoms with van der Waals surface area (Å²) < 4.78 is 0. The van der Waals surface area contributed by atoms with Crippen LogP contribution >= 0.6 is 24.4 Å². The maximum atomic E-state index is 10.5. The summed E-state index contributed by atoms with van der Waals surface area (Å²) in [5.41, 5.74) is 1.62. The number of thiol groups is 1. The van der Waals surface area contributed by atoms with Crippen LogP contribution in [0.15, 0.2) is 66.9 Å². The molecule has 13 heteroatoms. The number of carboxylic acids is 2. The second kappa shape index (κ2) is 21.8. The van der Waals surface area contributed by atoms with E-state index in [-0.39, 0.29) is 18.1 Å². The van der Waals surface area contributed by atoms with Crippen molar-refractivity contribution in [1.82, 2.24) is 5.32 Å². The smallest absolute Gasteiger partial charge is 0.313 e. The van der Waals surface area contributed by atoms with Crippen molar-refractivity contribution in [2.45, 2.75) is 18.1 Å². The minimum Gasteiger partial charge on any atom is -0.481 e. The number of carboxylic acid groups (broad SMARTS) is 2. The van der Waals surface area contributed by atoms with Crippen molar-refractivity contribution in [2.24, 2.45) is 0 Å². The molecule has 1 heterocycles. The van der Waals surface area contributed by atoms with E-state index < -0.39 is 27.0 Å². The standard InChI is InChI=1S/C10H11NO4S.C8H7NO2.C4H9N.C2H4O2S/c12-10(13)7-16-9(6-11(14)15)8-4-2-1-3-5-8;10-9(11)7-6-8-4-2-1-3-5-8;1-2-4-5-3-1;3-2(4)1-5/h1-5,9H,6-7H2,(H,12,13);1-7H;5H,1-4H2;5H,1H2,(H,3,4)/b;7-6+;;. The van der Waals surface area contributed by atoms with Gasteiger partial charge in [-0.3, -0.25) is 29.8 Å². The fraction of sp³-hybridized carbons (Fsp3) is 0.333. The first-order valence-electron chi connectivity index (χ1n) is 11.1. The van der Waals surface area contributed by atoms with Crippen LogP contribution in [-0.2, 0) is 9.59 Å². The molecule has 1 fully saturated rings. The quantitative estimate of drug-likeness (QED) is 0.201. The van der Waals surface area contributed by atoms with E-state index in [1.54, 1.807) is 36.4 Å². The zero-order valence-corrected chi connectivity index (χ0v) is 21.8. The minimum absolute atomic E-state index is 0.0833. The number of nitro groups is 2. The molecule has 0 radical (unpaired) electrons. The van der Waals surface area contributed by atoms with E-state index >= 15 is 0 Å². The summed E-state index contributed by atoms with van der Waals surface area (Å²) >= 11 is 4.49. The Kier molecular flexibility index (Phi) is 19.8. The number of rotatable bonds is 9. The third-order valence-electron chi connectivity index (χ3n) is 4.17. The molecule has 0 amide bonds. The monoisotopic (exact) mass is 553 g/mol. The maximum absolute atomic E-state index is 10.5. The second-order valence-corrected chi connectivity index (χ2v) is 8.65. The van der Waals surface area contributed by atoms with Gasteiger partial charge in [0.15, 0.2) is 0 Å². The molecule has 0 spiro atoms. The number of hydrogen-bond donors (Lipinski definition) is 4. The molecule has 1 aliphatic heterocycles. The third kappa shape index (κ3) is 21.6. The summed E-state index contributed by atoms with van der Waals surface area (Å²) in [4.78, 5) is 39.2. The first-order chi connectivity index (χ1) is 17.6. The van der Waals surface area contributed by atoms with Gasteiger partial charge in [0.1, 0.15) is 0 Å². The van der Waals surface area contributed by atoms with Crippen molar-refractivity contribution < 1.29 is 29.6 Å². The summed E-state index contributed by atoms with van der Waals surface area (Å²) in [6, 6.07) is 18.1. The number of benzene rings is 2. The molecule has 3 N–H and O–H groups in total. The molecule has 11 nitrogen and oxygen atoms in total. The van der Waals surface area contributed by atoms with Crippen LogP contribution in [0.25, 0.3) is 6.08 Å². The molecule has 37 heavy (non-hydrogen) atoms. The number of hydrogen-bond acceptors (Lipinski definition) is 9. The summed E-state index contributed by atoms with van der Waals surface area (Å²) in [6.45, 7) is 2.24. The molecule has 1 saturated heterocycles. The first-order valence-corrected chi connectivity index (χ1v) is 12.7. The summed E-state index contributed by atoms with van der Waals surface area (Å²) in [6.07, 6.45) is 5.16. The van der Waals surface area contributed by atoms with Crippen LogP contribution in [0, 0.1) is 20.2 Å². The van der Waals surface area contributed by atoms with Crippen molar-refractivity contribution in [2.75, 3.05) is 31.1 Å². The lowest BCUT2D eigenvalue weighted by molar-refractivity contribution is -0.479. The Morgan fingerprint density at radius 3 is 1.86 bits per heavy atom. The number of carbonyl (C=O) groups is 2. The van der Waals surface area contributed by atoms with Gasteiger partial charge in [-0.2, -0.15) is 12.6 Å². The fourth-order valence-corrected chi connectivity index (χ4v) is 3.49. The highest BCUT2D eigenvalue weighted by molar-refractivity contribution is 8.00. The Bertz CT molecular complexity index is 951. The van der Waals surface area contributed by atoms with Crippen molar-refractivity contribution in [3.05, 3.63) is 98.2 Å². The Labute approximate surface area is 224 Å². The predicted octanol–water partition coefficient (Wildman–Crippen LogP) is 4.13. The molecular weight excluding hydrogens is 522 g/mol. The van der Waals surface area contributed by atoms with Gasteiger partial charge in [-0.05, 0) is 37.1 Å². The molecular formula is C24H31N3O8S2. The van der Waals surface area contributed by atoms with Crippen molar-refractivity contribution in [3.63, 3.8) is 0 Å². The minimum atomic E-state index is -0.964. The fourth-order valence-electron chi connectivity index (χ4n) is 2.57. The molecule has 2 aromatic carbocycles. The van der Waals surface area contributed by atoms with Gasteiger partial charge in [-0.1, -0.05) is 60.7 Å². The lowest BCUT2D eigenvalue weighted by Crippen LogP contribution is -2.12. The van der Waals surface area contributed by atoms with Crippen LogP contribution in [0.4, 0.5) is 0 Å². The molecule has 2 aromatic rings. The van der Waals surface area contributed by atoms with E-state index in [1.165, 1.54) is 32.0 Å². The van der Waals surface area contributed by atoms with Gasteiger partial charge >= 0.3 is 11.9 Å². The highest BCUT2D eigenvalue weighted by Crippen LogP contribution is 2.28. The summed E-state index contributed by atoms with van der Waals surface area (Å²) in [7, 11) is 0. The highest BCUT2D eigenvalue weighted by atomic mass is 32.2. The van der Waals surface area contributed by atoms with Crippen molar-refractivity contribution >= 4 is 42.4 Å². The highest BCUT2D eigenvalue weighted by Gasteiger charge is 2.19. The van der Waals surface area contributed by atoms with E-state index in [0.717, 1.165) is 29.1 Å². The van der Waals surface area contributed by atoms with Gasteiger partial charge in [0.05, 0.1) is 21.7 Å².